The zero-order chi connectivity index (χ0) is 15.0. The first-order valence-electron chi connectivity index (χ1n) is 6.88. The van der Waals surface area contributed by atoms with Crippen LogP contribution in [0.25, 0.3) is 5.52 Å². The number of pyridine rings is 1. The summed E-state index contributed by atoms with van der Waals surface area (Å²) in [6.45, 7) is 4.03. The summed E-state index contributed by atoms with van der Waals surface area (Å²) in [5.41, 5.74) is 4.62. The van der Waals surface area contributed by atoms with Crippen molar-refractivity contribution in [2.24, 2.45) is 0 Å². The lowest BCUT2D eigenvalue weighted by molar-refractivity contribution is 0.216. The molecule has 0 aliphatic heterocycles. The van der Waals surface area contributed by atoms with Gasteiger partial charge in [0.1, 0.15) is 11.9 Å². The number of rotatable bonds is 3. The van der Waals surface area contributed by atoms with Crippen LogP contribution in [-0.2, 0) is 0 Å². The molecule has 0 spiro atoms. The Balaban J connectivity index is 2.14. The van der Waals surface area contributed by atoms with Gasteiger partial charge in [-0.2, -0.15) is 5.10 Å². The molecular formula is C17H18N2O2. The van der Waals surface area contributed by atoms with Crippen LogP contribution in [0, 0.1) is 13.8 Å². The third-order valence-electron chi connectivity index (χ3n) is 3.96. The maximum Gasteiger partial charge on any atom is 0.128 e. The second-order valence-electron chi connectivity index (χ2n) is 5.16. The fourth-order valence-corrected chi connectivity index (χ4v) is 2.63. The third-order valence-corrected chi connectivity index (χ3v) is 3.96. The van der Waals surface area contributed by atoms with Gasteiger partial charge in [0, 0.05) is 17.3 Å². The number of methoxy groups -OCH3 is 1. The molecule has 108 valence electrons. The number of aryl methyl sites for hydroxylation is 1. The van der Waals surface area contributed by atoms with Crippen molar-refractivity contribution in [2.75, 3.05) is 7.11 Å². The van der Waals surface area contributed by atoms with E-state index in [1.54, 1.807) is 17.8 Å². The van der Waals surface area contributed by atoms with Crippen LogP contribution in [0.4, 0.5) is 0 Å². The van der Waals surface area contributed by atoms with E-state index >= 15 is 0 Å². The summed E-state index contributed by atoms with van der Waals surface area (Å²) in [6.07, 6.45) is 2.80. The van der Waals surface area contributed by atoms with Crippen LogP contribution in [0.3, 0.4) is 0 Å². The van der Waals surface area contributed by atoms with Gasteiger partial charge in [0.25, 0.3) is 0 Å². The van der Waals surface area contributed by atoms with Crippen LogP contribution in [0.5, 0.6) is 5.75 Å². The van der Waals surface area contributed by atoms with E-state index in [4.69, 9.17) is 4.74 Å². The average Bonchev–Trinajstić information content (AvgIpc) is 2.93. The first-order valence-corrected chi connectivity index (χ1v) is 6.88. The van der Waals surface area contributed by atoms with E-state index in [0.29, 0.717) is 0 Å². The molecule has 0 aliphatic carbocycles. The molecule has 1 atom stereocenters. The largest absolute Gasteiger partial charge is 0.496 e. The molecule has 4 nitrogen and oxygen atoms in total. The number of ether oxygens (including phenoxy) is 1. The van der Waals surface area contributed by atoms with Gasteiger partial charge < -0.3 is 9.84 Å². The number of fused-ring (bicyclic) bond motifs is 1. The topological polar surface area (TPSA) is 46.8 Å². The molecule has 2 aromatic heterocycles. The second-order valence-corrected chi connectivity index (χ2v) is 5.16. The zero-order valence-corrected chi connectivity index (χ0v) is 12.4. The van der Waals surface area contributed by atoms with E-state index in [1.807, 2.05) is 50.4 Å². The Kier molecular flexibility index (Phi) is 3.39. The standard InChI is InChI=1S/C17H18N2O2/c1-11-7-8-13(17(21-3)12(11)2)16(20)14-10-18-19-9-5-4-6-15(14)19/h4-10,16,20H,1-3H3. The Bertz CT molecular complexity index is 793. The van der Waals surface area contributed by atoms with Gasteiger partial charge in [-0.25, -0.2) is 4.52 Å². The molecular weight excluding hydrogens is 264 g/mol. The fraction of sp³-hybridized carbons (Fsp3) is 0.235. The van der Waals surface area contributed by atoms with Crippen LogP contribution in [0.15, 0.2) is 42.7 Å². The number of hydrogen-bond donors (Lipinski definition) is 1. The predicted octanol–water partition coefficient (Wildman–Crippen LogP) is 3.04. The number of aromatic nitrogens is 2. The second kappa shape index (κ2) is 5.22. The number of hydrogen-bond acceptors (Lipinski definition) is 3. The summed E-state index contributed by atoms with van der Waals surface area (Å²) in [6, 6.07) is 9.71. The normalized spacial score (nSPS) is 12.6. The summed E-state index contributed by atoms with van der Waals surface area (Å²) in [4.78, 5) is 0. The van der Waals surface area contributed by atoms with E-state index in [1.165, 1.54) is 0 Å². The molecule has 0 saturated carbocycles. The molecule has 0 amide bonds. The Hall–Kier alpha value is -2.33. The highest BCUT2D eigenvalue weighted by Crippen LogP contribution is 2.35. The van der Waals surface area contributed by atoms with Gasteiger partial charge in [-0.3, -0.25) is 0 Å². The summed E-state index contributed by atoms with van der Waals surface area (Å²) in [5, 5.41) is 15.0. The molecule has 1 unspecified atom stereocenters. The molecule has 0 bridgehead atoms. The molecule has 21 heavy (non-hydrogen) atoms. The summed E-state index contributed by atoms with van der Waals surface area (Å²) in [5.74, 6) is 0.734. The molecule has 2 heterocycles. The minimum Gasteiger partial charge on any atom is -0.496 e. The van der Waals surface area contributed by atoms with E-state index in [2.05, 4.69) is 5.10 Å². The minimum atomic E-state index is -0.765. The molecule has 1 aromatic carbocycles. The summed E-state index contributed by atoms with van der Waals surface area (Å²) in [7, 11) is 1.63. The zero-order valence-electron chi connectivity index (χ0n) is 12.4. The van der Waals surface area contributed by atoms with Crippen LogP contribution in [0.2, 0.25) is 0 Å². The Morgan fingerprint density at radius 2 is 1.95 bits per heavy atom. The SMILES string of the molecule is COc1c(C(O)c2cnn3ccccc23)ccc(C)c1C. The van der Waals surface area contributed by atoms with Crippen LogP contribution in [-0.4, -0.2) is 21.8 Å². The van der Waals surface area contributed by atoms with Crippen molar-refractivity contribution in [2.45, 2.75) is 20.0 Å². The number of aliphatic hydroxyl groups excluding tert-OH is 1. The van der Waals surface area contributed by atoms with Crippen molar-refractivity contribution in [3.05, 3.63) is 65.0 Å². The monoisotopic (exact) mass is 282 g/mol. The van der Waals surface area contributed by atoms with E-state index < -0.39 is 6.10 Å². The lowest BCUT2D eigenvalue weighted by Crippen LogP contribution is -2.04. The Morgan fingerprint density at radius 1 is 1.14 bits per heavy atom. The van der Waals surface area contributed by atoms with Crippen molar-refractivity contribution in [3.63, 3.8) is 0 Å². The van der Waals surface area contributed by atoms with Crippen molar-refractivity contribution in [1.82, 2.24) is 9.61 Å². The van der Waals surface area contributed by atoms with Crippen molar-refractivity contribution >= 4 is 5.52 Å². The maximum atomic E-state index is 10.8. The van der Waals surface area contributed by atoms with Gasteiger partial charge in [0.15, 0.2) is 0 Å². The van der Waals surface area contributed by atoms with Crippen LogP contribution < -0.4 is 4.74 Å². The Labute approximate surface area is 123 Å². The van der Waals surface area contributed by atoms with Crippen molar-refractivity contribution in [3.8, 4) is 5.75 Å². The van der Waals surface area contributed by atoms with Gasteiger partial charge in [0.2, 0.25) is 0 Å². The maximum absolute atomic E-state index is 10.8. The quantitative estimate of drug-likeness (QED) is 0.803. The van der Waals surface area contributed by atoms with Gasteiger partial charge in [-0.1, -0.05) is 18.2 Å². The van der Waals surface area contributed by atoms with Gasteiger partial charge in [0.05, 0.1) is 18.8 Å². The van der Waals surface area contributed by atoms with Crippen LogP contribution >= 0.6 is 0 Å². The highest BCUT2D eigenvalue weighted by Gasteiger charge is 2.20. The first kappa shape index (κ1) is 13.6. The molecule has 1 N–H and O–H groups in total. The third kappa shape index (κ3) is 2.17. The van der Waals surface area contributed by atoms with E-state index in [9.17, 15) is 5.11 Å². The number of benzene rings is 1. The summed E-state index contributed by atoms with van der Waals surface area (Å²) >= 11 is 0. The lowest BCUT2D eigenvalue weighted by atomic mass is 9.97. The smallest absolute Gasteiger partial charge is 0.128 e. The number of nitrogens with zero attached hydrogens (tertiary/aromatic N) is 2. The Morgan fingerprint density at radius 3 is 2.71 bits per heavy atom. The lowest BCUT2D eigenvalue weighted by Gasteiger charge is -2.17. The molecule has 3 rings (SSSR count). The molecule has 3 aromatic rings. The van der Waals surface area contributed by atoms with Gasteiger partial charge in [-0.05, 0) is 37.1 Å². The van der Waals surface area contributed by atoms with Gasteiger partial charge in [-0.15, -0.1) is 0 Å². The molecule has 0 saturated heterocycles. The first-order chi connectivity index (χ1) is 10.1. The predicted molar refractivity (Wildman–Crippen MR) is 81.7 cm³/mol. The van der Waals surface area contributed by atoms with Crippen molar-refractivity contribution < 1.29 is 9.84 Å². The summed E-state index contributed by atoms with van der Waals surface area (Å²) < 4.78 is 7.26. The molecule has 0 aliphatic rings. The minimum absolute atomic E-state index is 0.734. The number of aliphatic hydroxyl groups is 1. The van der Waals surface area contributed by atoms with E-state index in [-0.39, 0.29) is 0 Å². The highest BCUT2D eigenvalue weighted by atomic mass is 16.5. The fourth-order valence-electron chi connectivity index (χ4n) is 2.63. The molecule has 0 fully saturated rings. The highest BCUT2D eigenvalue weighted by molar-refractivity contribution is 5.58. The molecule has 4 heteroatoms. The average molecular weight is 282 g/mol. The van der Waals surface area contributed by atoms with E-state index in [0.717, 1.165) is 33.5 Å². The van der Waals surface area contributed by atoms with Crippen LogP contribution in [0.1, 0.15) is 28.4 Å². The van der Waals surface area contributed by atoms with Gasteiger partial charge >= 0.3 is 0 Å². The molecule has 0 radical (unpaired) electrons. The van der Waals surface area contributed by atoms with Crippen molar-refractivity contribution in [1.29, 1.82) is 0 Å².